The lowest BCUT2D eigenvalue weighted by Gasteiger charge is -2.21. The molecule has 1 saturated carbocycles. The van der Waals surface area contributed by atoms with Gasteiger partial charge in [-0.3, -0.25) is 14.7 Å². The minimum Gasteiger partial charge on any atom is -0.461 e. The quantitative estimate of drug-likeness (QED) is 0.353. The van der Waals surface area contributed by atoms with Gasteiger partial charge in [-0.05, 0) is 57.6 Å². The van der Waals surface area contributed by atoms with Gasteiger partial charge in [0, 0.05) is 17.2 Å². The average Bonchev–Trinajstić information content (AvgIpc) is 3.37. The summed E-state index contributed by atoms with van der Waals surface area (Å²) in [5, 5.41) is 12.5. The van der Waals surface area contributed by atoms with Crippen molar-refractivity contribution in [1.29, 1.82) is 0 Å². The van der Waals surface area contributed by atoms with Gasteiger partial charge in [0.05, 0.1) is 12.3 Å². The zero-order valence-corrected chi connectivity index (χ0v) is 21.6. The monoisotopic (exact) mass is 508 g/mol. The van der Waals surface area contributed by atoms with E-state index < -0.39 is 17.9 Å². The van der Waals surface area contributed by atoms with Gasteiger partial charge in [-0.15, -0.1) is 0 Å². The van der Waals surface area contributed by atoms with Crippen LogP contribution < -0.4 is 10.6 Å². The summed E-state index contributed by atoms with van der Waals surface area (Å²) in [7, 11) is 0. The van der Waals surface area contributed by atoms with E-state index in [1.54, 1.807) is 38.1 Å². The average molecular weight is 509 g/mol. The molecule has 0 aliphatic heterocycles. The number of esters is 1. The van der Waals surface area contributed by atoms with Crippen molar-refractivity contribution in [2.75, 3.05) is 0 Å². The molecule has 2 aromatic heterocycles. The van der Waals surface area contributed by atoms with Crippen LogP contribution in [0.15, 0.2) is 34.9 Å². The molecule has 3 aromatic rings. The van der Waals surface area contributed by atoms with Gasteiger partial charge in [0.15, 0.2) is 5.82 Å². The minimum atomic E-state index is -0.823. The van der Waals surface area contributed by atoms with Gasteiger partial charge in [0.1, 0.15) is 6.04 Å². The Morgan fingerprint density at radius 2 is 1.78 bits per heavy atom. The molecule has 4 rings (SSSR count). The fourth-order valence-electron chi connectivity index (χ4n) is 3.80. The van der Waals surface area contributed by atoms with Crippen molar-refractivity contribution in [3.8, 4) is 22.8 Å². The molecule has 196 valence electrons. The second-order valence-electron chi connectivity index (χ2n) is 9.90. The molecule has 37 heavy (non-hydrogen) atoms. The number of hydrogen-bond acceptors (Lipinski definition) is 8. The number of carbonyl (C=O) groups excluding carboxylic acids is 3. The first-order valence-electron chi connectivity index (χ1n) is 12.4. The van der Waals surface area contributed by atoms with Crippen molar-refractivity contribution in [2.24, 2.45) is 11.8 Å². The number of nitrogens with zero attached hydrogens (tertiary/aromatic N) is 3. The number of aromatic amines is 1. The predicted octanol–water partition coefficient (Wildman–Crippen LogP) is 3.36. The van der Waals surface area contributed by atoms with E-state index in [-0.39, 0.29) is 41.4 Å². The van der Waals surface area contributed by atoms with Crippen LogP contribution >= 0.6 is 0 Å². The number of aromatic nitrogens is 4. The summed E-state index contributed by atoms with van der Waals surface area (Å²) in [5.74, 6) is -0.367. The second kappa shape index (κ2) is 10.9. The number of benzene rings is 1. The topological polar surface area (TPSA) is 152 Å². The zero-order valence-electron chi connectivity index (χ0n) is 21.6. The summed E-state index contributed by atoms with van der Waals surface area (Å²) < 4.78 is 10.9. The summed E-state index contributed by atoms with van der Waals surface area (Å²) in [5.41, 5.74) is 1.23. The highest BCUT2D eigenvalue weighted by molar-refractivity contribution is 5.94. The van der Waals surface area contributed by atoms with Crippen LogP contribution in [-0.2, 0) is 9.53 Å². The molecule has 0 spiro atoms. The molecule has 11 nitrogen and oxygen atoms in total. The Bertz CT molecular complexity index is 1280. The Labute approximate surface area is 214 Å². The van der Waals surface area contributed by atoms with Crippen LogP contribution in [0.1, 0.15) is 68.6 Å². The molecule has 0 bridgehead atoms. The Morgan fingerprint density at radius 3 is 2.46 bits per heavy atom. The van der Waals surface area contributed by atoms with Gasteiger partial charge in [-0.2, -0.15) is 5.10 Å². The number of carbonyl (C=O) groups is 3. The predicted molar refractivity (Wildman–Crippen MR) is 134 cm³/mol. The molecule has 2 amide bonds. The van der Waals surface area contributed by atoms with Gasteiger partial charge in [-0.1, -0.05) is 26.0 Å². The van der Waals surface area contributed by atoms with Gasteiger partial charge in [0.2, 0.25) is 17.5 Å². The van der Waals surface area contributed by atoms with Crippen LogP contribution in [0.4, 0.5) is 0 Å². The summed E-state index contributed by atoms with van der Waals surface area (Å²) in [6, 6.07) is 6.36. The molecule has 3 N–H and O–H groups in total. The van der Waals surface area contributed by atoms with E-state index in [2.05, 4.69) is 30.8 Å². The van der Waals surface area contributed by atoms with Gasteiger partial charge < -0.3 is 19.8 Å². The fraction of sp³-hybridized carbons (Fsp3) is 0.462. The molecule has 2 atom stereocenters. The van der Waals surface area contributed by atoms with Crippen LogP contribution in [0.2, 0.25) is 0 Å². The van der Waals surface area contributed by atoms with Crippen LogP contribution in [0.3, 0.4) is 0 Å². The fourth-order valence-corrected chi connectivity index (χ4v) is 3.80. The van der Waals surface area contributed by atoms with E-state index in [0.717, 1.165) is 12.8 Å². The first kappa shape index (κ1) is 26.1. The maximum atomic E-state index is 12.8. The smallest absolute Gasteiger partial charge is 0.329 e. The summed E-state index contributed by atoms with van der Waals surface area (Å²) >= 11 is 0. The van der Waals surface area contributed by atoms with Gasteiger partial charge >= 0.3 is 5.97 Å². The van der Waals surface area contributed by atoms with E-state index in [4.69, 9.17) is 9.15 Å². The van der Waals surface area contributed by atoms with E-state index in [9.17, 15) is 14.4 Å². The van der Waals surface area contributed by atoms with Crippen LogP contribution in [-0.4, -0.2) is 56.1 Å². The van der Waals surface area contributed by atoms with Gasteiger partial charge in [-0.25, -0.2) is 14.8 Å². The SMILES string of the molecule is CC(C)OC(=O)C(NC(=O)c1cnc(-c2cccc(-c3n[nH]c(C(=O)NC(C)C4CC4)n3)c2)o1)C(C)C. The highest BCUT2D eigenvalue weighted by Gasteiger charge is 2.30. The lowest BCUT2D eigenvalue weighted by atomic mass is 10.0. The molecule has 1 fully saturated rings. The molecule has 2 heterocycles. The summed E-state index contributed by atoms with van der Waals surface area (Å²) in [6.45, 7) is 9.11. The third-order valence-corrected chi connectivity index (χ3v) is 6.04. The van der Waals surface area contributed by atoms with Crippen molar-refractivity contribution in [1.82, 2.24) is 30.8 Å². The first-order valence-corrected chi connectivity index (χ1v) is 12.4. The van der Waals surface area contributed by atoms with E-state index in [1.165, 1.54) is 6.20 Å². The van der Waals surface area contributed by atoms with Crippen molar-refractivity contribution >= 4 is 17.8 Å². The first-order chi connectivity index (χ1) is 17.6. The standard InChI is InChI=1S/C26H32N6O5/c1-13(2)20(26(35)36-14(3)4)29-23(33)19-12-27-25(37-19)18-8-6-7-17(11-18)21-30-22(32-31-21)24(34)28-15(5)16-9-10-16/h6-8,11-16,20H,9-10H2,1-5H3,(H,28,34)(H,29,33)(H,30,31,32). The third kappa shape index (κ3) is 6.41. The lowest BCUT2D eigenvalue weighted by molar-refractivity contribution is -0.150. The maximum absolute atomic E-state index is 12.8. The van der Waals surface area contributed by atoms with E-state index in [1.807, 2.05) is 20.8 Å². The van der Waals surface area contributed by atoms with Crippen LogP contribution in [0, 0.1) is 11.8 Å². The third-order valence-electron chi connectivity index (χ3n) is 6.04. The number of ether oxygens (including phenoxy) is 1. The zero-order chi connectivity index (χ0) is 26.7. The Morgan fingerprint density at radius 1 is 1.05 bits per heavy atom. The molecule has 1 aliphatic carbocycles. The minimum absolute atomic E-state index is 0.0370. The van der Waals surface area contributed by atoms with Crippen molar-refractivity contribution in [2.45, 2.75) is 65.6 Å². The second-order valence-corrected chi connectivity index (χ2v) is 9.90. The highest BCUT2D eigenvalue weighted by atomic mass is 16.5. The molecular formula is C26H32N6O5. The summed E-state index contributed by atoms with van der Waals surface area (Å²) in [4.78, 5) is 46.1. The van der Waals surface area contributed by atoms with Crippen LogP contribution in [0.25, 0.3) is 22.8 Å². The normalized spacial score (nSPS) is 14.9. The van der Waals surface area contributed by atoms with E-state index >= 15 is 0 Å². The largest absolute Gasteiger partial charge is 0.461 e. The number of oxazole rings is 1. The lowest BCUT2D eigenvalue weighted by Crippen LogP contribution is -2.45. The maximum Gasteiger partial charge on any atom is 0.329 e. The van der Waals surface area contributed by atoms with Crippen LogP contribution in [0.5, 0.6) is 0 Å². The number of nitrogens with one attached hydrogen (secondary N) is 3. The Balaban J connectivity index is 1.45. The van der Waals surface area contributed by atoms with Crippen molar-refractivity contribution < 1.29 is 23.5 Å². The van der Waals surface area contributed by atoms with Crippen molar-refractivity contribution in [3.05, 3.63) is 42.0 Å². The highest BCUT2D eigenvalue weighted by Crippen LogP contribution is 2.32. The molecule has 1 aliphatic rings. The number of rotatable bonds is 10. The Kier molecular flexibility index (Phi) is 7.70. The molecule has 11 heteroatoms. The number of hydrogen-bond donors (Lipinski definition) is 3. The molecule has 0 saturated heterocycles. The molecule has 1 aromatic carbocycles. The van der Waals surface area contributed by atoms with E-state index in [0.29, 0.717) is 22.9 Å². The number of amides is 2. The van der Waals surface area contributed by atoms with Crippen molar-refractivity contribution in [3.63, 3.8) is 0 Å². The molecular weight excluding hydrogens is 476 g/mol. The molecule has 2 unspecified atom stereocenters. The van der Waals surface area contributed by atoms with Gasteiger partial charge in [0.25, 0.3) is 11.8 Å². The summed E-state index contributed by atoms with van der Waals surface area (Å²) in [6.07, 6.45) is 3.26. The Hall–Kier alpha value is -4.02. The molecule has 0 radical (unpaired) electrons. The number of H-pyrrole nitrogens is 1.